The van der Waals surface area contributed by atoms with E-state index in [2.05, 4.69) is 5.32 Å². The van der Waals surface area contributed by atoms with Gasteiger partial charge >= 0.3 is 0 Å². The van der Waals surface area contributed by atoms with E-state index in [4.69, 9.17) is 5.73 Å². The van der Waals surface area contributed by atoms with Crippen LogP contribution in [0.3, 0.4) is 0 Å². The molecule has 0 bridgehead atoms. The monoisotopic (exact) mass is 266 g/mol. The number of hydrogen-bond acceptors (Lipinski definition) is 3. The third-order valence-corrected chi connectivity index (χ3v) is 4.56. The Bertz CT molecular complexity index is 470. The highest BCUT2D eigenvalue weighted by Crippen LogP contribution is 2.30. The van der Waals surface area contributed by atoms with Crippen molar-refractivity contribution >= 4 is 23.2 Å². The van der Waals surface area contributed by atoms with Gasteiger partial charge in [0, 0.05) is 11.4 Å². The standard InChI is InChI=1S/C13H18N2O2S/c1-13(2,12(14)17)7-15-11(16)10-6-8-4-3-5-9(8)18-10/h6H,3-5,7H2,1-2H3,(H2,14,17)(H,15,16). The summed E-state index contributed by atoms with van der Waals surface area (Å²) in [6.45, 7) is 3.72. The molecular weight excluding hydrogens is 248 g/mol. The van der Waals surface area contributed by atoms with Crippen LogP contribution in [0.15, 0.2) is 6.07 Å². The molecule has 0 unspecified atom stereocenters. The van der Waals surface area contributed by atoms with Crippen LogP contribution < -0.4 is 11.1 Å². The number of nitrogens with two attached hydrogens (primary N) is 1. The Balaban J connectivity index is 1.98. The molecule has 0 aromatic carbocycles. The minimum Gasteiger partial charge on any atom is -0.369 e. The lowest BCUT2D eigenvalue weighted by Gasteiger charge is -2.20. The summed E-state index contributed by atoms with van der Waals surface area (Å²) >= 11 is 1.56. The first kappa shape index (κ1) is 13.1. The van der Waals surface area contributed by atoms with Crippen LogP contribution >= 0.6 is 11.3 Å². The maximum absolute atomic E-state index is 12.0. The second-order valence-corrected chi connectivity index (χ2v) is 6.48. The minimum absolute atomic E-state index is 0.108. The summed E-state index contributed by atoms with van der Waals surface area (Å²) in [6.07, 6.45) is 3.35. The number of carbonyl (C=O) groups is 2. The predicted molar refractivity (Wildman–Crippen MR) is 71.7 cm³/mol. The number of fused-ring (bicyclic) bond motifs is 1. The lowest BCUT2D eigenvalue weighted by atomic mass is 9.93. The normalized spacial score (nSPS) is 14.3. The summed E-state index contributed by atoms with van der Waals surface area (Å²) in [5.74, 6) is -0.514. The van der Waals surface area contributed by atoms with Gasteiger partial charge in [0.05, 0.1) is 10.3 Å². The molecular formula is C13H18N2O2S. The van der Waals surface area contributed by atoms with E-state index in [0.717, 1.165) is 17.7 Å². The molecule has 18 heavy (non-hydrogen) atoms. The molecule has 0 atom stereocenters. The molecule has 1 aromatic rings. The summed E-state index contributed by atoms with van der Waals surface area (Å²) in [7, 11) is 0. The first-order valence-electron chi connectivity index (χ1n) is 6.10. The molecule has 2 rings (SSSR count). The van der Waals surface area contributed by atoms with E-state index in [0.29, 0.717) is 0 Å². The van der Waals surface area contributed by atoms with Crippen LogP contribution in [0.25, 0.3) is 0 Å². The number of rotatable bonds is 4. The molecule has 1 aliphatic carbocycles. The SMILES string of the molecule is CC(C)(CNC(=O)c1cc2c(s1)CCC2)C(N)=O. The van der Waals surface area contributed by atoms with Gasteiger partial charge in [0.2, 0.25) is 5.91 Å². The molecule has 1 aromatic heterocycles. The van der Waals surface area contributed by atoms with Crippen molar-refractivity contribution in [2.45, 2.75) is 33.1 Å². The molecule has 98 valence electrons. The highest BCUT2D eigenvalue weighted by molar-refractivity contribution is 7.14. The van der Waals surface area contributed by atoms with Crippen molar-refractivity contribution in [2.75, 3.05) is 6.54 Å². The Morgan fingerprint density at radius 2 is 2.17 bits per heavy atom. The van der Waals surface area contributed by atoms with Gasteiger partial charge in [-0.25, -0.2) is 0 Å². The Labute approximate surface area is 111 Å². The highest BCUT2D eigenvalue weighted by atomic mass is 32.1. The van der Waals surface area contributed by atoms with Gasteiger partial charge in [-0.15, -0.1) is 11.3 Å². The predicted octanol–water partition coefficient (Wildman–Crippen LogP) is 1.48. The molecule has 5 heteroatoms. The largest absolute Gasteiger partial charge is 0.369 e. The van der Waals surface area contributed by atoms with Gasteiger partial charge in [0.15, 0.2) is 0 Å². The fourth-order valence-electron chi connectivity index (χ4n) is 1.92. The van der Waals surface area contributed by atoms with Crippen molar-refractivity contribution in [1.29, 1.82) is 0 Å². The summed E-state index contributed by atoms with van der Waals surface area (Å²) in [6, 6.07) is 1.97. The van der Waals surface area contributed by atoms with E-state index in [1.807, 2.05) is 6.07 Å². The lowest BCUT2D eigenvalue weighted by Crippen LogP contribution is -2.42. The van der Waals surface area contributed by atoms with E-state index >= 15 is 0 Å². The number of amides is 2. The quantitative estimate of drug-likeness (QED) is 0.866. The third kappa shape index (κ3) is 2.56. The van der Waals surface area contributed by atoms with Crippen molar-refractivity contribution in [2.24, 2.45) is 11.1 Å². The molecule has 0 fully saturated rings. The summed E-state index contributed by atoms with van der Waals surface area (Å²) < 4.78 is 0. The van der Waals surface area contributed by atoms with Crippen molar-refractivity contribution < 1.29 is 9.59 Å². The Morgan fingerprint density at radius 1 is 1.44 bits per heavy atom. The second-order valence-electron chi connectivity index (χ2n) is 5.34. The van der Waals surface area contributed by atoms with Crippen molar-refractivity contribution in [3.05, 3.63) is 21.4 Å². The first-order valence-corrected chi connectivity index (χ1v) is 6.91. The number of thiophene rings is 1. The van der Waals surface area contributed by atoms with E-state index < -0.39 is 11.3 Å². The van der Waals surface area contributed by atoms with E-state index in [9.17, 15) is 9.59 Å². The molecule has 0 saturated carbocycles. The number of nitrogens with one attached hydrogen (secondary N) is 1. The number of carbonyl (C=O) groups excluding carboxylic acids is 2. The fraction of sp³-hybridized carbons (Fsp3) is 0.538. The molecule has 3 N–H and O–H groups in total. The Hall–Kier alpha value is -1.36. The van der Waals surface area contributed by atoms with Gasteiger partial charge in [0.25, 0.3) is 5.91 Å². The van der Waals surface area contributed by atoms with E-state index in [1.165, 1.54) is 16.9 Å². The van der Waals surface area contributed by atoms with Crippen LogP contribution in [0.2, 0.25) is 0 Å². The van der Waals surface area contributed by atoms with E-state index in [-0.39, 0.29) is 12.5 Å². The summed E-state index contributed by atoms with van der Waals surface area (Å²) in [5.41, 5.74) is 5.86. The van der Waals surface area contributed by atoms with Gasteiger partial charge in [0.1, 0.15) is 0 Å². The molecule has 2 amide bonds. The van der Waals surface area contributed by atoms with Crippen LogP contribution in [-0.4, -0.2) is 18.4 Å². The van der Waals surface area contributed by atoms with Crippen molar-refractivity contribution in [3.8, 4) is 0 Å². The van der Waals surface area contributed by atoms with Crippen LogP contribution in [0.5, 0.6) is 0 Å². The minimum atomic E-state index is -0.713. The van der Waals surface area contributed by atoms with Crippen molar-refractivity contribution in [3.63, 3.8) is 0 Å². The molecule has 0 saturated heterocycles. The molecule has 0 radical (unpaired) electrons. The zero-order valence-corrected chi connectivity index (χ0v) is 11.5. The van der Waals surface area contributed by atoms with E-state index in [1.54, 1.807) is 25.2 Å². The molecule has 0 spiro atoms. The van der Waals surface area contributed by atoms with Crippen LogP contribution in [-0.2, 0) is 17.6 Å². The molecule has 1 heterocycles. The molecule has 0 aliphatic heterocycles. The Kier molecular flexibility index (Phi) is 3.43. The number of hydrogen-bond donors (Lipinski definition) is 2. The smallest absolute Gasteiger partial charge is 0.261 e. The number of primary amides is 1. The lowest BCUT2D eigenvalue weighted by molar-refractivity contribution is -0.125. The van der Waals surface area contributed by atoms with Crippen LogP contribution in [0.4, 0.5) is 0 Å². The Morgan fingerprint density at radius 3 is 2.78 bits per heavy atom. The number of aryl methyl sites for hydroxylation is 2. The topological polar surface area (TPSA) is 72.2 Å². The van der Waals surface area contributed by atoms with Crippen molar-refractivity contribution in [1.82, 2.24) is 5.32 Å². The maximum atomic E-state index is 12.0. The molecule has 4 nitrogen and oxygen atoms in total. The van der Waals surface area contributed by atoms with Gasteiger partial charge in [-0.1, -0.05) is 0 Å². The average Bonchev–Trinajstić information content (AvgIpc) is 2.85. The first-order chi connectivity index (χ1) is 8.40. The zero-order chi connectivity index (χ0) is 13.3. The fourth-order valence-corrected chi connectivity index (χ4v) is 3.09. The summed E-state index contributed by atoms with van der Waals surface area (Å²) in [5, 5.41) is 2.78. The van der Waals surface area contributed by atoms with Gasteiger partial charge in [-0.3, -0.25) is 9.59 Å². The van der Waals surface area contributed by atoms with Gasteiger partial charge in [-0.05, 0) is 44.7 Å². The molecule has 1 aliphatic rings. The second kappa shape index (κ2) is 4.72. The van der Waals surface area contributed by atoms with Gasteiger partial charge < -0.3 is 11.1 Å². The van der Waals surface area contributed by atoms with Crippen LogP contribution in [0, 0.1) is 5.41 Å². The summed E-state index contributed by atoms with van der Waals surface area (Å²) in [4.78, 5) is 25.2. The average molecular weight is 266 g/mol. The van der Waals surface area contributed by atoms with Crippen LogP contribution in [0.1, 0.15) is 40.4 Å². The highest BCUT2D eigenvalue weighted by Gasteiger charge is 2.26. The van der Waals surface area contributed by atoms with Gasteiger partial charge in [-0.2, -0.15) is 0 Å². The maximum Gasteiger partial charge on any atom is 0.261 e. The third-order valence-electron chi connectivity index (χ3n) is 3.33. The zero-order valence-electron chi connectivity index (χ0n) is 10.7.